The van der Waals surface area contributed by atoms with E-state index in [2.05, 4.69) is 42.5 Å². The zero-order valence-corrected chi connectivity index (χ0v) is 19.3. The number of pyridine rings is 2. The smallest absolute Gasteiger partial charge is 0.407 e. The molecule has 2 amide bonds. The van der Waals surface area contributed by atoms with Crippen LogP contribution in [0.15, 0.2) is 67.6 Å². The highest BCUT2D eigenvalue weighted by Crippen LogP contribution is 2.31. The van der Waals surface area contributed by atoms with Gasteiger partial charge >= 0.3 is 6.09 Å². The molecule has 0 saturated carbocycles. The third-order valence-corrected chi connectivity index (χ3v) is 5.69. The first-order valence-corrected chi connectivity index (χ1v) is 11.2. The van der Waals surface area contributed by atoms with Crippen molar-refractivity contribution in [1.29, 1.82) is 0 Å². The highest BCUT2D eigenvalue weighted by Gasteiger charge is 2.30. The number of fused-ring (bicyclic) bond motifs is 1. The number of carbonyl (C=O) groups excluding carboxylic acids is 1. The lowest BCUT2D eigenvalue weighted by Gasteiger charge is -2.37. The second-order valence-corrected chi connectivity index (χ2v) is 8.26. The van der Waals surface area contributed by atoms with Crippen LogP contribution in [0.5, 0.6) is 0 Å². The maximum atomic E-state index is 15.0. The van der Waals surface area contributed by atoms with Gasteiger partial charge in [-0.1, -0.05) is 6.58 Å². The van der Waals surface area contributed by atoms with Gasteiger partial charge < -0.3 is 26.0 Å². The molecule has 0 atom stereocenters. The number of nitrogens with zero attached hydrogens (tertiary/aromatic N) is 5. The number of halogens is 1. The first-order valence-electron chi connectivity index (χ1n) is 11.2. The molecular weight excluding hydrogens is 479 g/mol. The Morgan fingerprint density at radius 3 is 2.65 bits per heavy atom. The maximum absolute atomic E-state index is 15.0. The zero-order chi connectivity index (χ0) is 25.9. The molecule has 0 aliphatic carbocycles. The summed E-state index contributed by atoms with van der Waals surface area (Å²) in [5, 5.41) is 18.4. The Labute approximate surface area is 210 Å². The Balaban J connectivity index is 1.37. The molecule has 4 heterocycles. The van der Waals surface area contributed by atoms with Crippen molar-refractivity contribution >= 4 is 46.0 Å². The summed E-state index contributed by atoms with van der Waals surface area (Å²) in [6.45, 7) is 4.23. The van der Waals surface area contributed by atoms with E-state index in [-0.39, 0.29) is 17.6 Å². The second kappa shape index (κ2) is 9.85. The van der Waals surface area contributed by atoms with E-state index in [1.54, 1.807) is 42.7 Å². The molecule has 12 heteroatoms. The van der Waals surface area contributed by atoms with Crippen molar-refractivity contribution in [1.82, 2.24) is 24.8 Å². The summed E-state index contributed by atoms with van der Waals surface area (Å²) >= 11 is 0. The number of anilines is 4. The predicted molar refractivity (Wildman–Crippen MR) is 136 cm³/mol. The molecule has 3 aromatic heterocycles. The lowest BCUT2D eigenvalue weighted by atomic mass is 10.1. The zero-order valence-electron chi connectivity index (χ0n) is 19.3. The fraction of sp³-hybridized carbons (Fsp3) is 0.120. The van der Waals surface area contributed by atoms with Gasteiger partial charge in [-0.25, -0.2) is 24.1 Å². The third-order valence-electron chi connectivity index (χ3n) is 5.69. The number of nitrogens with one attached hydrogen (secondary N) is 3. The van der Waals surface area contributed by atoms with Crippen molar-refractivity contribution in [3.05, 3.63) is 73.5 Å². The predicted octanol–water partition coefficient (Wildman–Crippen LogP) is 3.87. The van der Waals surface area contributed by atoms with Gasteiger partial charge in [-0.05, 0) is 42.5 Å². The lowest BCUT2D eigenvalue weighted by Crippen LogP contribution is -2.56. The second-order valence-electron chi connectivity index (χ2n) is 8.26. The molecule has 0 unspecified atom stereocenters. The van der Waals surface area contributed by atoms with Gasteiger partial charge in [0.25, 0.3) is 0 Å². The van der Waals surface area contributed by atoms with Crippen molar-refractivity contribution < 1.29 is 19.1 Å². The van der Waals surface area contributed by atoms with E-state index in [1.165, 1.54) is 17.2 Å². The number of carboxylic acid groups (broad SMARTS) is 1. The highest BCUT2D eigenvalue weighted by molar-refractivity contribution is 6.00. The van der Waals surface area contributed by atoms with Gasteiger partial charge in [0.1, 0.15) is 11.6 Å². The van der Waals surface area contributed by atoms with E-state index >= 15 is 0 Å². The molecule has 1 aromatic carbocycles. The van der Waals surface area contributed by atoms with Crippen LogP contribution >= 0.6 is 0 Å². The summed E-state index contributed by atoms with van der Waals surface area (Å²) < 4.78 is 15.0. The van der Waals surface area contributed by atoms with E-state index in [1.807, 2.05) is 0 Å². The number of hydrogen-bond acceptors (Lipinski definition) is 8. The normalized spacial score (nSPS) is 13.1. The number of rotatable bonds is 7. The third kappa shape index (κ3) is 5.12. The van der Waals surface area contributed by atoms with Gasteiger partial charge in [-0.3, -0.25) is 9.78 Å². The number of aromatic nitrogens is 4. The van der Waals surface area contributed by atoms with Crippen LogP contribution in [0, 0.1) is 5.82 Å². The fourth-order valence-electron chi connectivity index (χ4n) is 3.83. The first kappa shape index (κ1) is 23.6. The molecule has 11 nitrogen and oxygen atoms in total. The molecule has 37 heavy (non-hydrogen) atoms. The van der Waals surface area contributed by atoms with Crippen molar-refractivity contribution in [3.8, 4) is 11.3 Å². The Hall–Kier alpha value is -5.13. The Bertz CT molecular complexity index is 1510. The number of benzene rings is 1. The van der Waals surface area contributed by atoms with Gasteiger partial charge in [-0.2, -0.15) is 0 Å². The summed E-state index contributed by atoms with van der Waals surface area (Å²) in [6, 6.07) is 9.59. The molecule has 1 aliphatic rings. The van der Waals surface area contributed by atoms with Gasteiger partial charge in [0.2, 0.25) is 11.9 Å². The van der Waals surface area contributed by atoms with Crippen LogP contribution in [-0.4, -0.2) is 61.1 Å². The van der Waals surface area contributed by atoms with Crippen LogP contribution in [0.25, 0.3) is 22.2 Å². The summed E-state index contributed by atoms with van der Waals surface area (Å²) in [7, 11) is 0. The first-order chi connectivity index (χ1) is 17.9. The van der Waals surface area contributed by atoms with E-state index in [0.717, 1.165) is 6.08 Å². The molecule has 186 valence electrons. The SMILES string of the molecule is C=CC(=O)Nc1ccnc(-c2c(F)ccc3cnc(Nc4ccc(NC5CN(C(=O)O)C5)nc4)nc23)c1. The number of hydrogen-bond donors (Lipinski definition) is 4. The van der Waals surface area contributed by atoms with Crippen LogP contribution in [0.2, 0.25) is 0 Å². The van der Waals surface area contributed by atoms with E-state index in [0.29, 0.717) is 46.9 Å². The van der Waals surface area contributed by atoms with Crippen molar-refractivity contribution in [3.63, 3.8) is 0 Å². The number of carbonyl (C=O) groups is 2. The molecule has 4 N–H and O–H groups in total. The van der Waals surface area contributed by atoms with E-state index in [4.69, 9.17) is 5.11 Å². The quantitative estimate of drug-likeness (QED) is 0.278. The number of likely N-dealkylation sites (tertiary alicyclic amines) is 1. The van der Waals surface area contributed by atoms with Crippen LogP contribution < -0.4 is 16.0 Å². The number of amides is 2. The largest absolute Gasteiger partial charge is 0.465 e. The summed E-state index contributed by atoms with van der Waals surface area (Å²) in [6.07, 6.45) is 4.83. The molecule has 0 radical (unpaired) electrons. The topological polar surface area (TPSA) is 145 Å². The maximum Gasteiger partial charge on any atom is 0.407 e. The van der Waals surface area contributed by atoms with Gasteiger partial charge in [0.05, 0.1) is 34.7 Å². The van der Waals surface area contributed by atoms with E-state index in [9.17, 15) is 14.0 Å². The molecule has 4 aromatic rings. The van der Waals surface area contributed by atoms with Gasteiger partial charge in [0, 0.05) is 36.6 Å². The summed E-state index contributed by atoms with van der Waals surface area (Å²) in [5.41, 5.74) is 1.86. The molecule has 1 fully saturated rings. The minimum Gasteiger partial charge on any atom is -0.465 e. The minimum atomic E-state index is -0.938. The average Bonchev–Trinajstić information content (AvgIpc) is 2.86. The average molecular weight is 500 g/mol. The Morgan fingerprint density at radius 2 is 1.92 bits per heavy atom. The van der Waals surface area contributed by atoms with E-state index < -0.39 is 17.8 Å². The summed E-state index contributed by atoms with van der Waals surface area (Å²) in [5.74, 6) is -0.0755. The van der Waals surface area contributed by atoms with Crippen molar-refractivity contribution in [2.45, 2.75) is 6.04 Å². The minimum absolute atomic E-state index is 0.0109. The molecule has 5 rings (SSSR count). The molecule has 1 saturated heterocycles. The van der Waals surface area contributed by atoms with Gasteiger partial charge in [0.15, 0.2) is 0 Å². The van der Waals surface area contributed by atoms with Crippen molar-refractivity contribution in [2.75, 3.05) is 29.0 Å². The van der Waals surface area contributed by atoms with Crippen molar-refractivity contribution in [2.24, 2.45) is 0 Å². The molecule has 0 bridgehead atoms. The van der Waals surface area contributed by atoms with Gasteiger partial charge in [-0.15, -0.1) is 0 Å². The monoisotopic (exact) mass is 500 g/mol. The highest BCUT2D eigenvalue weighted by atomic mass is 19.1. The summed E-state index contributed by atoms with van der Waals surface area (Å²) in [4.78, 5) is 41.3. The molecular formula is C25H21FN8O3. The lowest BCUT2D eigenvalue weighted by molar-refractivity contribution is -0.111. The molecule has 0 spiro atoms. The Kier molecular flexibility index (Phi) is 6.29. The fourth-order valence-corrected chi connectivity index (χ4v) is 3.83. The van der Waals surface area contributed by atoms with Crippen LogP contribution in [-0.2, 0) is 4.79 Å². The van der Waals surface area contributed by atoms with Crippen LogP contribution in [0.1, 0.15) is 0 Å². The van der Waals surface area contributed by atoms with Crippen LogP contribution in [0.3, 0.4) is 0 Å². The molecule has 1 aliphatic heterocycles. The standard InChI is InChI=1S/C25H21FN8O3/c1-2-21(35)31-15-7-8-27-19(9-15)22-18(26)5-3-14-10-29-24(33-23(14)22)32-16-4-6-20(28-11-16)30-17-12-34(13-17)25(36)37/h2-11,17H,1,12-13H2,(H,28,30)(H,36,37)(H,27,31,35)(H,29,32,33). The van der Waals surface area contributed by atoms with Crippen LogP contribution in [0.4, 0.5) is 32.3 Å². The Morgan fingerprint density at radius 1 is 1.08 bits per heavy atom.